The van der Waals surface area contributed by atoms with Crippen LogP contribution in [0.4, 0.5) is 4.39 Å². The van der Waals surface area contributed by atoms with Gasteiger partial charge in [0.25, 0.3) is 5.91 Å². The molecular formula is C27H32FN3O3. The van der Waals surface area contributed by atoms with E-state index >= 15 is 0 Å². The van der Waals surface area contributed by atoms with Crippen LogP contribution in [0.1, 0.15) is 43.0 Å². The van der Waals surface area contributed by atoms with Crippen LogP contribution in [-0.2, 0) is 0 Å². The maximum atomic E-state index is 14.1. The topological polar surface area (TPSA) is 63.7 Å². The van der Waals surface area contributed by atoms with Gasteiger partial charge < -0.3 is 19.7 Å². The van der Waals surface area contributed by atoms with Crippen LogP contribution >= 0.6 is 0 Å². The standard InChI is InChI=1S/C27H32FN3O3/c1-18-7-4-5-13-31(18)14-6-12-29-27(32)23-17-25(30-24-11-8-19(28)15-22(23)24)21-10-9-20(33-2)16-26(21)34-3/h8-11,15-18H,4-7,12-14H2,1-3H3,(H,29,32). The highest BCUT2D eigenvalue weighted by Gasteiger charge is 2.19. The number of carbonyl (C=O) groups is 1. The van der Waals surface area contributed by atoms with E-state index in [0.29, 0.717) is 46.2 Å². The number of methoxy groups -OCH3 is 2. The summed E-state index contributed by atoms with van der Waals surface area (Å²) in [4.78, 5) is 20.4. The van der Waals surface area contributed by atoms with Crippen molar-refractivity contribution in [2.24, 2.45) is 0 Å². The summed E-state index contributed by atoms with van der Waals surface area (Å²) in [6.07, 6.45) is 4.63. The van der Waals surface area contributed by atoms with Crippen LogP contribution in [0, 0.1) is 5.82 Å². The average Bonchev–Trinajstić information content (AvgIpc) is 2.86. The van der Waals surface area contributed by atoms with Gasteiger partial charge in [-0.2, -0.15) is 0 Å². The second-order valence-electron chi connectivity index (χ2n) is 8.77. The molecule has 1 aliphatic rings. The molecule has 1 aromatic heterocycles. The number of rotatable bonds is 8. The van der Waals surface area contributed by atoms with Crippen LogP contribution in [0.5, 0.6) is 11.5 Å². The van der Waals surface area contributed by atoms with E-state index in [0.717, 1.165) is 25.1 Å². The van der Waals surface area contributed by atoms with Crippen molar-refractivity contribution in [3.63, 3.8) is 0 Å². The maximum absolute atomic E-state index is 14.1. The zero-order chi connectivity index (χ0) is 24.1. The van der Waals surface area contributed by atoms with Gasteiger partial charge in [0.2, 0.25) is 0 Å². The third-order valence-corrected chi connectivity index (χ3v) is 6.55. The van der Waals surface area contributed by atoms with Crippen LogP contribution in [0.25, 0.3) is 22.2 Å². The van der Waals surface area contributed by atoms with E-state index in [1.165, 1.54) is 31.4 Å². The lowest BCUT2D eigenvalue weighted by atomic mass is 10.0. The molecular weight excluding hydrogens is 433 g/mol. The fraction of sp³-hybridized carbons (Fsp3) is 0.407. The number of piperidine rings is 1. The highest BCUT2D eigenvalue weighted by Crippen LogP contribution is 2.34. The number of carbonyl (C=O) groups excluding carboxylic acids is 1. The summed E-state index contributed by atoms with van der Waals surface area (Å²) in [5.41, 5.74) is 2.24. The van der Waals surface area contributed by atoms with Crippen LogP contribution in [0.2, 0.25) is 0 Å². The van der Waals surface area contributed by atoms with Gasteiger partial charge in [-0.1, -0.05) is 6.42 Å². The Morgan fingerprint density at radius 1 is 1.15 bits per heavy atom. The Labute approximate surface area is 200 Å². The van der Waals surface area contributed by atoms with Crippen LogP contribution in [-0.4, -0.2) is 55.7 Å². The van der Waals surface area contributed by atoms with Gasteiger partial charge in [0.15, 0.2) is 0 Å². The molecule has 1 amide bonds. The Kier molecular flexibility index (Phi) is 7.63. The summed E-state index contributed by atoms with van der Waals surface area (Å²) in [6, 6.07) is 12.0. The molecule has 1 saturated heterocycles. The second-order valence-corrected chi connectivity index (χ2v) is 8.77. The molecule has 1 atom stereocenters. The number of pyridine rings is 1. The molecule has 180 valence electrons. The molecule has 2 heterocycles. The molecule has 1 fully saturated rings. The average molecular weight is 466 g/mol. The van der Waals surface area contributed by atoms with Crippen molar-refractivity contribution >= 4 is 16.8 Å². The monoisotopic (exact) mass is 465 g/mol. The smallest absolute Gasteiger partial charge is 0.252 e. The first kappa shape index (κ1) is 24.0. The number of ether oxygens (including phenoxy) is 2. The largest absolute Gasteiger partial charge is 0.497 e. The molecule has 0 radical (unpaired) electrons. The van der Waals surface area contributed by atoms with E-state index in [1.807, 2.05) is 12.1 Å². The van der Waals surface area contributed by atoms with E-state index < -0.39 is 5.82 Å². The van der Waals surface area contributed by atoms with E-state index in [1.54, 1.807) is 32.4 Å². The lowest BCUT2D eigenvalue weighted by molar-refractivity contribution is 0.0950. The Balaban J connectivity index is 1.58. The van der Waals surface area contributed by atoms with Gasteiger partial charge >= 0.3 is 0 Å². The first-order chi connectivity index (χ1) is 16.5. The Morgan fingerprint density at radius 3 is 2.76 bits per heavy atom. The minimum atomic E-state index is -0.405. The minimum Gasteiger partial charge on any atom is -0.497 e. The molecule has 34 heavy (non-hydrogen) atoms. The third kappa shape index (κ3) is 5.30. The Morgan fingerprint density at radius 2 is 2.00 bits per heavy atom. The van der Waals surface area contributed by atoms with Crippen LogP contribution in [0.3, 0.4) is 0 Å². The quantitative estimate of drug-likeness (QED) is 0.472. The van der Waals surface area contributed by atoms with Crippen molar-refractivity contribution in [1.29, 1.82) is 0 Å². The highest BCUT2D eigenvalue weighted by molar-refractivity contribution is 6.07. The predicted octanol–water partition coefficient (Wildman–Crippen LogP) is 5.05. The lowest BCUT2D eigenvalue weighted by Gasteiger charge is -2.33. The van der Waals surface area contributed by atoms with Gasteiger partial charge in [-0.3, -0.25) is 4.79 Å². The molecule has 7 heteroatoms. The van der Waals surface area contributed by atoms with Crippen LogP contribution < -0.4 is 14.8 Å². The number of amides is 1. The third-order valence-electron chi connectivity index (χ3n) is 6.55. The Bertz CT molecular complexity index is 1170. The number of hydrogen-bond donors (Lipinski definition) is 1. The van der Waals surface area contributed by atoms with Gasteiger partial charge in [0.05, 0.1) is 31.0 Å². The van der Waals surface area contributed by atoms with E-state index in [2.05, 4.69) is 22.1 Å². The van der Waals surface area contributed by atoms with Crippen molar-refractivity contribution in [2.45, 2.75) is 38.6 Å². The number of nitrogens with zero attached hydrogens (tertiary/aromatic N) is 2. The highest BCUT2D eigenvalue weighted by atomic mass is 19.1. The number of fused-ring (bicyclic) bond motifs is 1. The lowest BCUT2D eigenvalue weighted by Crippen LogP contribution is -2.39. The molecule has 1 aliphatic heterocycles. The molecule has 0 aliphatic carbocycles. The molecule has 1 N–H and O–H groups in total. The van der Waals surface area contributed by atoms with Crippen molar-refractivity contribution < 1.29 is 18.7 Å². The van der Waals surface area contributed by atoms with Gasteiger partial charge in [-0.05, 0) is 69.1 Å². The van der Waals surface area contributed by atoms with Gasteiger partial charge in [-0.15, -0.1) is 0 Å². The molecule has 0 bridgehead atoms. The summed E-state index contributed by atoms with van der Waals surface area (Å²) < 4.78 is 24.9. The first-order valence-corrected chi connectivity index (χ1v) is 11.8. The number of nitrogens with one attached hydrogen (secondary N) is 1. The van der Waals surface area contributed by atoms with Crippen molar-refractivity contribution in [3.05, 3.63) is 53.8 Å². The summed E-state index contributed by atoms with van der Waals surface area (Å²) >= 11 is 0. The second kappa shape index (κ2) is 10.8. The normalized spacial score (nSPS) is 16.4. The number of benzene rings is 2. The SMILES string of the molecule is COc1ccc(-c2cc(C(=O)NCCCN3CCCCC3C)c3cc(F)ccc3n2)c(OC)c1. The predicted molar refractivity (Wildman–Crippen MR) is 132 cm³/mol. The summed E-state index contributed by atoms with van der Waals surface area (Å²) in [5, 5.41) is 3.51. The van der Waals surface area contributed by atoms with Crippen molar-refractivity contribution in [2.75, 3.05) is 33.9 Å². The minimum absolute atomic E-state index is 0.238. The fourth-order valence-corrected chi connectivity index (χ4v) is 4.60. The molecule has 2 aromatic carbocycles. The molecule has 6 nitrogen and oxygen atoms in total. The zero-order valence-electron chi connectivity index (χ0n) is 20.1. The van der Waals surface area contributed by atoms with Gasteiger partial charge in [0, 0.05) is 36.1 Å². The molecule has 1 unspecified atom stereocenters. The van der Waals surface area contributed by atoms with E-state index in [-0.39, 0.29) is 5.91 Å². The maximum Gasteiger partial charge on any atom is 0.252 e. The van der Waals surface area contributed by atoms with Crippen molar-refractivity contribution in [3.8, 4) is 22.8 Å². The number of likely N-dealkylation sites (tertiary alicyclic amines) is 1. The van der Waals surface area contributed by atoms with Crippen LogP contribution in [0.15, 0.2) is 42.5 Å². The van der Waals surface area contributed by atoms with Gasteiger partial charge in [0.1, 0.15) is 17.3 Å². The van der Waals surface area contributed by atoms with E-state index in [4.69, 9.17) is 9.47 Å². The number of hydrogen-bond acceptors (Lipinski definition) is 5. The van der Waals surface area contributed by atoms with E-state index in [9.17, 15) is 9.18 Å². The zero-order valence-corrected chi connectivity index (χ0v) is 20.1. The number of halogens is 1. The fourth-order valence-electron chi connectivity index (χ4n) is 4.60. The van der Waals surface area contributed by atoms with Crippen molar-refractivity contribution in [1.82, 2.24) is 15.2 Å². The Hall–Kier alpha value is -3.19. The molecule has 0 saturated carbocycles. The summed E-state index contributed by atoms with van der Waals surface area (Å²) in [7, 11) is 3.16. The first-order valence-electron chi connectivity index (χ1n) is 11.8. The molecule has 4 rings (SSSR count). The molecule has 3 aromatic rings. The summed E-state index contributed by atoms with van der Waals surface area (Å²) in [6.45, 7) is 4.91. The summed E-state index contributed by atoms with van der Waals surface area (Å²) in [5.74, 6) is 0.593. The number of aromatic nitrogens is 1. The molecule has 0 spiro atoms. The van der Waals surface area contributed by atoms with Gasteiger partial charge in [-0.25, -0.2) is 9.37 Å².